The van der Waals surface area contributed by atoms with E-state index < -0.39 is 31.7 Å². The first-order chi connectivity index (χ1) is 23.5. The predicted octanol–water partition coefficient (Wildman–Crippen LogP) is 10.5. The van der Waals surface area contributed by atoms with E-state index in [1.54, 1.807) is 29.8 Å². The van der Waals surface area contributed by atoms with E-state index in [0.29, 0.717) is 28.0 Å². The smallest absolute Gasteiger partial charge is 0.394 e. The van der Waals surface area contributed by atoms with Crippen LogP contribution in [-0.4, -0.2) is 6.18 Å². The molecule has 0 amide bonds. The van der Waals surface area contributed by atoms with Crippen LogP contribution in [0.5, 0.6) is 0 Å². The van der Waals surface area contributed by atoms with Gasteiger partial charge in [-0.3, -0.25) is 0 Å². The number of fused-ring (bicyclic) bond motifs is 3. The summed E-state index contributed by atoms with van der Waals surface area (Å²) in [7, 11) is 1.73. The third kappa shape index (κ3) is 5.11. The third-order valence-corrected chi connectivity index (χ3v) is 7.98. The zero-order valence-corrected chi connectivity index (χ0v) is 24.1. The van der Waals surface area contributed by atoms with Crippen molar-refractivity contribution in [1.29, 1.82) is 0 Å². The molecule has 6 rings (SSSR count). The Balaban J connectivity index is 1.53. The topological polar surface area (TPSA) is 17.0 Å². The van der Waals surface area contributed by atoms with Gasteiger partial charge in [0.25, 0.3) is 0 Å². The summed E-state index contributed by atoms with van der Waals surface area (Å²) in [5, 5.41) is 1.80. The van der Waals surface area contributed by atoms with Crippen LogP contribution in [-0.2, 0) is 13.4 Å². The number of nitrogens with zero attached hydrogens (tertiary/aromatic N) is 1. The maximum atomic E-state index is 13.7. The van der Waals surface area contributed by atoms with Crippen LogP contribution in [0.4, 0.5) is 13.2 Å². The van der Waals surface area contributed by atoms with E-state index in [1.165, 1.54) is 36.5 Å². The highest BCUT2D eigenvalue weighted by atomic mass is 19.4. The molecule has 2 aromatic heterocycles. The molecule has 0 saturated carbocycles. The summed E-state index contributed by atoms with van der Waals surface area (Å²) in [6.07, 6.45) is -6.07. The van der Waals surface area contributed by atoms with Gasteiger partial charge in [-0.1, -0.05) is 86.6 Å². The highest BCUT2D eigenvalue weighted by molar-refractivity contribution is 6.09. The summed E-state index contributed by atoms with van der Waals surface area (Å²) in [4.78, 5) is 0. The van der Waals surface area contributed by atoms with Crippen molar-refractivity contribution in [3.05, 3.63) is 113 Å². The first kappa shape index (κ1) is 20.5. The van der Waals surface area contributed by atoms with Crippen LogP contribution >= 0.6 is 0 Å². The highest BCUT2D eigenvalue weighted by Gasteiger charge is 2.46. The normalized spacial score (nSPS) is 16.1. The van der Waals surface area contributed by atoms with E-state index in [2.05, 4.69) is 0 Å². The quantitative estimate of drug-likeness (QED) is 0.184. The molecule has 2 heterocycles. The average Bonchev–Trinajstić information content (AvgIpc) is 3.42. The van der Waals surface area contributed by atoms with Gasteiger partial charge in [0.05, 0.1) is 11.0 Å². The molecule has 0 aliphatic carbocycles. The molecule has 0 atom stereocenters. The van der Waals surface area contributed by atoms with E-state index in [0.717, 1.165) is 35.7 Å². The number of benzene rings is 4. The minimum Gasteiger partial charge on any atom is -0.455 e. The van der Waals surface area contributed by atoms with Gasteiger partial charge in [0.1, 0.15) is 18.2 Å². The van der Waals surface area contributed by atoms with Crippen molar-refractivity contribution < 1.29 is 33.1 Å². The van der Waals surface area contributed by atoms with Gasteiger partial charge in [-0.05, 0) is 72.0 Å². The van der Waals surface area contributed by atoms with Gasteiger partial charge in [-0.2, -0.15) is 13.2 Å². The fourth-order valence-electron chi connectivity index (χ4n) is 5.46. The molecule has 4 aromatic carbocycles. The minimum absolute atomic E-state index is 0.0553. The number of aryl methyl sites for hydroxylation is 4. The molecule has 5 heteroatoms. The summed E-state index contributed by atoms with van der Waals surface area (Å²) in [6, 6.07) is 23.2. The summed E-state index contributed by atoms with van der Waals surface area (Å²) in [5.41, 5.74) is 1.69. The molecule has 2 nitrogen and oxygen atoms in total. The van der Waals surface area contributed by atoms with E-state index in [-0.39, 0.29) is 27.8 Å². The molecule has 0 saturated heterocycles. The minimum atomic E-state index is -4.81. The summed E-state index contributed by atoms with van der Waals surface area (Å²) in [6.45, 7) is -1.77. The zero-order valence-electron chi connectivity index (χ0n) is 32.1. The van der Waals surface area contributed by atoms with Crippen molar-refractivity contribution in [1.82, 2.24) is 0 Å². The molecule has 0 unspecified atom stereocenters. The van der Waals surface area contributed by atoms with Gasteiger partial charge in [0.2, 0.25) is 5.69 Å². The van der Waals surface area contributed by atoms with Crippen LogP contribution < -0.4 is 4.57 Å². The van der Waals surface area contributed by atoms with Gasteiger partial charge >= 0.3 is 6.18 Å². The highest BCUT2D eigenvalue weighted by Crippen LogP contribution is 2.41. The van der Waals surface area contributed by atoms with Crippen LogP contribution in [0.15, 0.2) is 95.5 Å². The lowest BCUT2D eigenvalue weighted by Crippen LogP contribution is -2.34. The predicted molar refractivity (Wildman–Crippen MR) is 169 cm³/mol. The SMILES string of the molecule is [2H]C([2H])([2H])c1cc(-c2ccc(C([2H])([2H])C(C)(C)C(F)(F)F)cc2)ccc1-c1cc(-c2c(C)ccc3c2oc2ccccc23)[n+](C)cc1C([2H])([2H])[2H]. The zero-order chi connectivity index (χ0) is 37.5. The number of hydrogen-bond acceptors (Lipinski definition) is 1. The van der Waals surface area contributed by atoms with Crippen LogP contribution in [0.25, 0.3) is 55.4 Å². The Kier molecular flexibility index (Phi) is 4.97. The van der Waals surface area contributed by atoms with Crippen LogP contribution in [0.1, 0.15) is 47.1 Å². The molecule has 0 aliphatic rings. The Morgan fingerprint density at radius 1 is 0.791 bits per heavy atom. The molecular weight excluding hydrogens is 543 g/mol. The Morgan fingerprint density at radius 2 is 1.51 bits per heavy atom. The summed E-state index contributed by atoms with van der Waals surface area (Å²) >= 11 is 0. The van der Waals surface area contributed by atoms with Crippen molar-refractivity contribution in [2.45, 2.75) is 47.0 Å². The molecule has 0 fully saturated rings. The standard InChI is InChI=1S/C38H35F3NO/c1-23-11-17-31-30-9-7-8-10-34(30)43-36(31)35(23)33-20-32(25(3)22-42(33)6)29-18-16-28(19-24(29)2)27-14-12-26(13-15-27)21-37(4,5)38(39,40)41/h7-20,22H,21H2,1-6H3/q+1/i2D3,3D3,21D2. The summed E-state index contributed by atoms with van der Waals surface area (Å²) < 4.78 is 116. The van der Waals surface area contributed by atoms with Gasteiger partial charge in [0.15, 0.2) is 6.20 Å². The second-order valence-corrected chi connectivity index (χ2v) is 11.4. The molecule has 218 valence electrons. The fourth-order valence-corrected chi connectivity index (χ4v) is 5.46. The largest absolute Gasteiger partial charge is 0.455 e. The van der Waals surface area contributed by atoms with Gasteiger partial charge in [-0.15, -0.1) is 0 Å². The fraction of sp³-hybridized carbons (Fsp3) is 0.237. The Bertz CT molecular complexity index is 2300. The third-order valence-electron chi connectivity index (χ3n) is 7.98. The maximum Gasteiger partial charge on any atom is 0.394 e. The van der Waals surface area contributed by atoms with Gasteiger partial charge in [-0.25, -0.2) is 4.57 Å². The molecule has 43 heavy (non-hydrogen) atoms. The lowest BCUT2D eigenvalue weighted by molar-refractivity contribution is -0.660. The van der Waals surface area contributed by atoms with E-state index in [1.807, 2.05) is 43.3 Å². The van der Waals surface area contributed by atoms with Crippen LogP contribution in [0.2, 0.25) is 0 Å². The maximum absolute atomic E-state index is 13.7. The van der Waals surface area contributed by atoms with Crippen molar-refractivity contribution in [3.8, 4) is 33.5 Å². The van der Waals surface area contributed by atoms with E-state index >= 15 is 0 Å². The lowest BCUT2D eigenvalue weighted by atomic mass is 9.84. The van der Waals surface area contributed by atoms with E-state index in [4.69, 9.17) is 15.4 Å². The Labute approximate surface area is 261 Å². The van der Waals surface area contributed by atoms with Crippen molar-refractivity contribution in [2.75, 3.05) is 0 Å². The molecule has 0 aliphatic heterocycles. The Morgan fingerprint density at radius 3 is 2.23 bits per heavy atom. The van der Waals surface area contributed by atoms with Gasteiger partial charge in [0, 0.05) is 33.4 Å². The number of aromatic nitrogens is 1. The van der Waals surface area contributed by atoms with Crippen molar-refractivity contribution >= 4 is 21.9 Å². The number of rotatable bonds is 5. The van der Waals surface area contributed by atoms with Crippen LogP contribution in [0, 0.1) is 26.0 Å². The van der Waals surface area contributed by atoms with Crippen LogP contribution in [0.3, 0.4) is 0 Å². The average molecular weight is 587 g/mol. The van der Waals surface area contributed by atoms with E-state index in [9.17, 15) is 13.2 Å². The van der Waals surface area contributed by atoms with Crippen molar-refractivity contribution in [2.24, 2.45) is 12.5 Å². The number of alkyl halides is 3. The second kappa shape index (κ2) is 10.4. The first-order valence-corrected chi connectivity index (χ1v) is 13.8. The molecular formula is C38H35F3NO+. The first-order valence-electron chi connectivity index (χ1n) is 17.8. The monoisotopic (exact) mass is 586 g/mol. The lowest BCUT2D eigenvalue weighted by Gasteiger charge is -2.27. The summed E-state index contributed by atoms with van der Waals surface area (Å²) in [5.74, 6) is 0. The number of pyridine rings is 1. The number of hydrogen-bond donors (Lipinski definition) is 0. The molecule has 0 spiro atoms. The number of para-hydroxylation sites is 1. The molecule has 0 N–H and O–H groups in total. The molecule has 6 aromatic rings. The number of halogens is 3. The number of furan rings is 1. The van der Waals surface area contributed by atoms with Gasteiger partial charge < -0.3 is 4.42 Å². The van der Waals surface area contributed by atoms with Crippen molar-refractivity contribution in [3.63, 3.8) is 0 Å². The molecule has 0 bridgehead atoms. The second-order valence-electron chi connectivity index (χ2n) is 11.4. The molecule has 0 radical (unpaired) electrons. The Hall–Kier alpha value is -4.38.